The van der Waals surface area contributed by atoms with E-state index in [-0.39, 0.29) is 0 Å². The molecule has 0 aliphatic carbocycles. The topological polar surface area (TPSA) is 82.0 Å². The summed E-state index contributed by atoms with van der Waals surface area (Å²) in [6.07, 6.45) is 4.17. The molecule has 0 saturated heterocycles. The zero-order chi connectivity index (χ0) is 11.7. The lowest BCUT2D eigenvalue weighted by atomic mass is 10.4. The number of nitrogens with two attached hydrogens (primary N) is 1. The number of hydrogen-bond acceptors (Lipinski definition) is 6. The van der Waals surface area contributed by atoms with Gasteiger partial charge in [0, 0.05) is 24.1 Å². The van der Waals surface area contributed by atoms with Gasteiger partial charge in [-0.3, -0.25) is 4.40 Å². The molecule has 0 spiro atoms. The highest BCUT2D eigenvalue weighted by Gasteiger charge is 2.11. The second kappa shape index (κ2) is 4.19. The molecule has 0 atom stereocenters. The van der Waals surface area contributed by atoms with E-state index in [0.29, 0.717) is 12.4 Å². The van der Waals surface area contributed by atoms with E-state index in [4.69, 9.17) is 5.73 Å². The van der Waals surface area contributed by atoms with Gasteiger partial charge in [-0.1, -0.05) is 0 Å². The van der Waals surface area contributed by atoms with Crippen LogP contribution in [0.25, 0.3) is 17.2 Å². The van der Waals surface area contributed by atoms with Crippen LogP contribution in [0.1, 0.15) is 5.01 Å². The molecule has 0 aliphatic rings. The quantitative estimate of drug-likeness (QED) is 0.737. The summed E-state index contributed by atoms with van der Waals surface area (Å²) in [7, 11) is 0. The molecule has 0 amide bonds. The number of rotatable bonds is 3. The van der Waals surface area contributed by atoms with Gasteiger partial charge in [-0.2, -0.15) is 0 Å². The maximum atomic E-state index is 5.50. The smallest absolute Gasteiger partial charge is 0.189 e. The minimum Gasteiger partial charge on any atom is -0.330 e. The van der Waals surface area contributed by atoms with Crippen molar-refractivity contribution in [2.45, 2.75) is 6.42 Å². The molecule has 0 saturated carbocycles. The monoisotopic (exact) mass is 246 g/mol. The van der Waals surface area contributed by atoms with Crippen molar-refractivity contribution in [3.8, 4) is 11.5 Å². The second-order valence-corrected chi connectivity index (χ2v) is 4.44. The Bertz CT molecular complexity index is 643. The van der Waals surface area contributed by atoms with Gasteiger partial charge in [0.05, 0.1) is 5.01 Å². The standard InChI is InChI=1S/C10H10N6S/c11-3-1-9-13-7(5-17-9)10-15-14-8-2-4-12-6-16(8)10/h2,4-6H,1,3,11H2. The molecule has 7 heteroatoms. The summed E-state index contributed by atoms with van der Waals surface area (Å²) in [4.78, 5) is 8.53. The molecule has 17 heavy (non-hydrogen) atoms. The van der Waals surface area contributed by atoms with Crippen molar-refractivity contribution in [3.63, 3.8) is 0 Å². The SMILES string of the molecule is NCCc1nc(-c2nnc3ccncn23)cs1. The van der Waals surface area contributed by atoms with Gasteiger partial charge in [-0.25, -0.2) is 9.97 Å². The van der Waals surface area contributed by atoms with E-state index >= 15 is 0 Å². The van der Waals surface area contributed by atoms with E-state index in [1.807, 2.05) is 15.8 Å². The Balaban J connectivity index is 2.07. The zero-order valence-corrected chi connectivity index (χ0v) is 9.76. The number of thiazole rings is 1. The lowest BCUT2D eigenvalue weighted by Gasteiger charge is -1.94. The number of hydrogen-bond donors (Lipinski definition) is 1. The molecule has 6 nitrogen and oxygen atoms in total. The Morgan fingerprint density at radius 2 is 2.29 bits per heavy atom. The first-order chi connectivity index (χ1) is 8.38. The lowest BCUT2D eigenvalue weighted by molar-refractivity contribution is 0.950. The van der Waals surface area contributed by atoms with Gasteiger partial charge in [-0.05, 0) is 6.54 Å². The fourth-order valence-electron chi connectivity index (χ4n) is 1.57. The molecular formula is C10H10N6S. The van der Waals surface area contributed by atoms with E-state index in [1.165, 1.54) is 0 Å². The minimum atomic E-state index is 0.606. The van der Waals surface area contributed by atoms with Gasteiger partial charge >= 0.3 is 0 Å². The first-order valence-corrected chi connectivity index (χ1v) is 6.06. The fraction of sp³-hybridized carbons (Fsp3) is 0.200. The van der Waals surface area contributed by atoms with Crippen LogP contribution in [-0.2, 0) is 6.42 Å². The predicted molar refractivity (Wildman–Crippen MR) is 64.6 cm³/mol. The van der Waals surface area contributed by atoms with E-state index < -0.39 is 0 Å². The molecule has 2 N–H and O–H groups in total. The molecule has 0 aliphatic heterocycles. The molecule has 0 unspecified atom stereocenters. The third-order valence-corrected chi connectivity index (χ3v) is 3.26. The van der Waals surface area contributed by atoms with E-state index in [1.54, 1.807) is 23.9 Å². The number of aromatic nitrogens is 5. The average Bonchev–Trinajstić information content (AvgIpc) is 2.95. The number of fused-ring (bicyclic) bond motifs is 1. The van der Waals surface area contributed by atoms with Crippen LogP contribution < -0.4 is 5.73 Å². The van der Waals surface area contributed by atoms with Crippen LogP contribution in [-0.4, -0.2) is 31.1 Å². The molecular weight excluding hydrogens is 236 g/mol. The van der Waals surface area contributed by atoms with Gasteiger partial charge in [0.2, 0.25) is 0 Å². The van der Waals surface area contributed by atoms with Crippen LogP contribution in [0.4, 0.5) is 0 Å². The van der Waals surface area contributed by atoms with Gasteiger partial charge in [0.25, 0.3) is 0 Å². The maximum Gasteiger partial charge on any atom is 0.189 e. The third-order valence-electron chi connectivity index (χ3n) is 2.35. The summed E-state index contributed by atoms with van der Waals surface area (Å²) in [6, 6.07) is 1.81. The van der Waals surface area contributed by atoms with Crippen molar-refractivity contribution >= 4 is 17.0 Å². The predicted octanol–water partition coefficient (Wildman–Crippen LogP) is 0.749. The Kier molecular flexibility index (Phi) is 2.54. The highest BCUT2D eigenvalue weighted by Crippen LogP contribution is 2.20. The van der Waals surface area contributed by atoms with Crippen LogP contribution in [0.5, 0.6) is 0 Å². The van der Waals surface area contributed by atoms with Crippen LogP contribution in [0.15, 0.2) is 24.0 Å². The normalized spacial score (nSPS) is 11.1. The molecule has 0 fully saturated rings. The van der Waals surface area contributed by atoms with Gasteiger partial charge in [-0.15, -0.1) is 21.5 Å². The zero-order valence-electron chi connectivity index (χ0n) is 8.95. The Labute approximate surface area is 101 Å². The highest BCUT2D eigenvalue weighted by atomic mass is 32.1. The van der Waals surface area contributed by atoms with Gasteiger partial charge in [0.15, 0.2) is 11.5 Å². The van der Waals surface area contributed by atoms with Crippen LogP contribution in [0.3, 0.4) is 0 Å². The van der Waals surface area contributed by atoms with Crippen molar-refractivity contribution in [3.05, 3.63) is 29.0 Å². The Morgan fingerprint density at radius 3 is 3.18 bits per heavy atom. The first kappa shape index (κ1) is 10.3. The van der Waals surface area contributed by atoms with Crippen molar-refractivity contribution in [2.24, 2.45) is 5.73 Å². The molecule has 3 aromatic heterocycles. The molecule has 0 bridgehead atoms. The van der Waals surface area contributed by atoms with Crippen LogP contribution >= 0.6 is 11.3 Å². The molecule has 0 radical (unpaired) electrons. The van der Waals surface area contributed by atoms with Crippen molar-refractivity contribution in [2.75, 3.05) is 6.54 Å². The summed E-state index contributed by atoms with van der Waals surface area (Å²) in [5.41, 5.74) is 7.09. The maximum absolute atomic E-state index is 5.50. The molecule has 3 aromatic rings. The summed E-state index contributed by atoms with van der Waals surface area (Å²) < 4.78 is 1.82. The van der Waals surface area contributed by atoms with E-state index in [2.05, 4.69) is 20.2 Å². The van der Waals surface area contributed by atoms with Crippen molar-refractivity contribution in [1.82, 2.24) is 24.6 Å². The van der Waals surface area contributed by atoms with E-state index in [9.17, 15) is 0 Å². The van der Waals surface area contributed by atoms with Crippen molar-refractivity contribution in [1.29, 1.82) is 0 Å². The molecule has 3 heterocycles. The second-order valence-electron chi connectivity index (χ2n) is 3.50. The average molecular weight is 246 g/mol. The van der Waals surface area contributed by atoms with E-state index in [0.717, 1.165) is 22.8 Å². The number of nitrogens with zero attached hydrogens (tertiary/aromatic N) is 5. The molecule has 0 aromatic carbocycles. The Hall–Kier alpha value is -1.86. The lowest BCUT2D eigenvalue weighted by Crippen LogP contribution is -2.02. The summed E-state index contributed by atoms with van der Waals surface area (Å²) >= 11 is 1.59. The Morgan fingerprint density at radius 1 is 1.35 bits per heavy atom. The molecule has 86 valence electrons. The van der Waals surface area contributed by atoms with Gasteiger partial charge in [0.1, 0.15) is 12.0 Å². The summed E-state index contributed by atoms with van der Waals surface area (Å²) in [6.45, 7) is 0.606. The largest absolute Gasteiger partial charge is 0.330 e. The first-order valence-electron chi connectivity index (χ1n) is 5.18. The highest BCUT2D eigenvalue weighted by molar-refractivity contribution is 7.09. The molecule has 3 rings (SSSR count). The van der Waals surface area contributed by atoms with Gasteiger partial charge < -0.3 is 5.73 Å². The summed E-state index contributed by atoms with van der Waals surface area (Å²) in [5.74, 6) is 0.715. The van der Waals surface area contributed by atoms with Crippen molar-refractivity contribution < 1.29 is 0 Å². The fourth-order valence-corrected chi connectivity index (χ4v) is 2.36. The minimum absolute atomic E-state index is 0.606. The third kappa shape index (κ3) is 1.79. The van der Waals surface area contributed by atoms with Crippen LogP contribution in [0, 0.1) is 0 Å². The summed E-state index contributed by atoms with van der Waals surface area (Å²) in [5, 5.41) is 11.2. The van der Waals surface area contributed by atoms with Crippen LogP contribution in [0.2, 0.25) is 0 Å².